The molecule has 20 heavy (non-hydrogen) atoms. The topological polar surface area (TPSA) is 75.1 Å². The van der Waals surface area contributed by atoms with Crippen LogP contribution >= 0.6 is 23.1 Å². The molecule has 0 aliphatic heterocycles. The minimum Gasteiger partial charge on any atom is -0.387 e. The summed E-state index contributed by atoms with van der Waals surface area (Å²) in [6.07, 6.45) is -0.695. The number of aliphatic hydroxyl groups excluding tert-OH is 1. The molecule has 0 aliphatic carbocycles. The Hall–Kier alpha value is -1.44. The van der Waals surface area contributed by atoms with Crippen LogP contribution in [0.4, 0.5) is 0 Å². The summed E-state index contributed by atoms with van der Waals surface area (Å²) >= 11 is 2.76. The number of thioether (sulfide) groups is 1. The standard InChI is InChI=1S/C13H15N3O2S2/c1-9(20-13-16-15-8-19-13)12(18)14-7-11(17)10-5-3-2-4-6-10/h2-6,8-9,11,17H,7H2,1H3,(H,14,18)/t9-,11+/m0/s1. The lowest BCUT2D eigenvalue weighted by molar-refractivity contribution is -0.120. The quantitative estimate of drug-likeness (QED) is 0.797. The van der Waals surface area contributed by atoms with Crippen molar-refractivity contribution in [3.8, 4) is 0 Å². The van der Waals surface area contributed by atoms with Gasteiger partial charge in [0.2, 0.25) is 5.91 Å². The Bertz CT molecular complexity index is 534. The molecule has 5 nitrogen and oxygen atoms in total. The smallest absolute Gasteiger partial charge is 0.233 e. The fourth-order valence-electron chi connectivity index (χ4n) is 1.55. The van der Waals surface area contributed by atoms with E-state index in [1.807, 2.05) is 30.3 Å². The van der Waals surface area contributed by atoms with Crippen LogP contribution in [0, 0.1) is 0 Å². The van der Waals surface area contributed by atoms with E-state index in [0.717, 1.165) is 9.90 Å². The van der Waals surface area contributed by atoms with E-state index in [4.69, 9.17) is 0 Å². The average molecular weight is 309 g/mol. The molecule has 1 heterocycles. The molecule has 2 rings (SSSR count). The van der Waals surface area contributed by atoms with Crippen molar-refractivity contribution < 1.29 is 9.90 Å². The predicted octanol–water partition coefficient (Wildman–Crippen LogP) is 1.87. The lowest BCUT2D eigenvalue weighted by Gasteiger charge is -2.14. The van der Waals surface area contributed by atoms with E-state index in [1.165, 1.54) is 23.1 Å². The molecule has 0 spiro atoms. The monoisotopic (exact) mass is 309 g/mol. The van der Waals surface area contributed by atoms with Crippen molar-refractivity contribution >= 4 is 29.0 Å². The third-order valence-electron chi connectivity index (χ3n) is 2.64. The fourth-order valence-corrected chi connectivity index (χ4v) is 3.20. The molecule has 0 aliphatic rings. The Balaban J connectivity index is 1.80. The number of hydrogen-bond acceptors (Lipinski definition) is 6. The highest BCUT2D eigenvalue weighted by atomic mass is 32.2. The van der Waals surface area contributed by atoms with Gasteiger partial charge in [-0.05, 0) is 12.5 Å². The zero-order chi connectivity index (χ0) is 14.4. The number of rotatable bonds is 6. The molecule has 0 unspecified atom stereocenters. The van der Waals surface area contributed by atoms with Gasteiger partial charge in [0.1, 0.15) is 5.51 Å². The molecule has 0 radical (unpaired) electrons. The Labute approximate surface area is 125 Å². The molecular formula is C13H15N3O2S2. The molecule has 0 saturated heterocycles. The average Bonchev–Trinajstić information content (AvgIpc) is 2.98. The fraction of sp³-hybridized carbons (Fsp3) is 0.308. The predicted molar refractivity (Wildman–Crippen MR) is 79.6 cm³/mol. The highest BCUT2D eigenvalue weighted by Gasteiger charge is 2.17. The largest absolute Gasteiger partial charge is 0.387 e. The van der Waals surface area contributed by atoms with E-state index in [0.29, 0.717) is 0 Å². The van der Waals surface area contributed by atoms with Crippen LogP contribution in [0.5, 0.6) is 0 Å². The Morgan fingerprint density at radius 3 is 2.85 bits per heavy atom. The van der Waals surface area contributed by atoms with Crippen molar-refractivity contribution in [1.29, 1.82) is 0 Å². The number of aromatic nitrogens is 2. The van der Waals surface area contributed by atoms with Crippen molar-refractivity contribution in [3.05, 3.63) is 41.4 Å². The van der Waals surface area contributed by atoms with Gasteiger partial charge in [-0.3, -0.25) is 4.79 Å². The van der Waals surface area contributed by atoms with E-state index < -0.39 is 6.10 Å². The highest BCUT2D eigenvalue weighted by Crippen LogP contribution is 2.24. The third kappa shape index (κ3) is 4.29. The van der Waals surface area contributed by atoms with Crippen LogP contribution in [-0.2, 0) is 4.79 Å². The summed E-state index contributed by atoms with van der Waals surface area (Å²) in [7, 11) is 0. The molecule has 2 N–H and O–H groups in total. The number of aliphatic hydroxyl groups is 1. The lowest BCUT2D eigenvalue weighted by atomic mass is 10.1. The number of nitrogens with one attached hydrogen (secondary N) is 1. The molecule has 1 amide bonds. The molecular weight excluding hydrogens is 294 g/mol. The lowest BCUT2D eigenvalue weighted by Crippen LogP contribution is -2.34. The van der Waals surface area contributed by atoms with Crippen LogP contribution in [0.2, 0.25) is 0 Å². The van der Waals surface area contributed by atoms with E-state index in [9.17, 15) is 9.90 Å². The highest BCUT2D eigenvalue weighted by molar-refractivity contribution is 8.02. The first-order valence-electron chi connectivity index (χ1n) is 6.10. The van der Waals surface area contributed by atoms with Crippen LogP contribution in [0.25, 0.3) is 0 Å². The number of benzene rings is 1. The Kier molecular flexibility index (Phi) is 5.51. The molecule has 0 fully saturated rings. The third-order valence-corrected chi connectivity index (χ3v) is 4.55. The van der Waals surface area contributed by atoms with Gasteiger partial charge >= 0.3 is 0 Å². The van der Waals surface area contributed by atoms with Gasteiger partial charge in [0.15, 0.2) is 4.34 Å². The summed E-state index contributed by atoms with van der Waals surface area (Å²) < 4.78 is 0.760. The SMILES string of the molecule is C[C@H](Sc1nncs1)C(=O)NC[C@@H](O)c1ccccc1. The molecule has 2 aromatic rings. The van der Waals surface area contributed by atoms with Crippen molar-refractivity contribution in [2.45, 2.75) is 22.6 Å². The van der Waals surface area contributed by atoms with Gasteiger partial charge in [0, 0.05) is 6.54 Å². The molecule has 106 valence electrons. The maximum atomic E-state index is 11.9. The van der Waals surface area contributed by atoms with Crippen LogP contribution in [0.3, 0.4) is 0 Å². The Morgan fingerprint density at radius 1 is 1.45 bits per heavy atom. The summed E-state index contributed by atoms with van der Waals surface area (Å²) in [5.74, 6) is -0.125. The van der Waals surface area contributed by atoms with Gasteiger partial charge in [0.05, 0.1) is 11.4 Å². The van der Waals surface area contributed by atoms with E-state index in [1.54, 1.807) is 12.4 Å². The van der Waals surface area contributed by atoms with Gasteiger partial charge in [-0.25, -0.2) is 0 Å². The molecule has 2 atom stereocenters. The van der Waals surface area contributed by atoms with Crippen molar-refractivity contribution in [2.24, 2.45) is 0 Å². The molecule has 1 aromatic carbocycles. The zero-order valence-electron chi connectivity index (χ0n) is 10.9. The van der Waals surface area contributed by atoms with Gasteiger partial charge in [0.25, 0.3) is 0 Å². The Morgan fingerprint density at radius 2 is 2.20 bits per heavy atom. The summed E-state index contributed by atoms with van der Waals surface area (Å²) in [6.45, 7) is 2.00. The number of carbonyl (C=O) groups excluding carboxylic acids is 1. The maximum Gasteiger partial charge on any atom is 0.233 e. The maximum absolute atomic E-state index is 11.9. The second-order valence-corrected chi connectivity index (χ2v) is 6.56. The minimum atomic E-state index is -0.695. The van der Waals surface area contributed by atoms with Crippen molar-refractivity contribution in [3.63, 3.8) is 0 Å². The van der Waals surface area contributed by atoms with Crippen LogP contribution < -0.4 is 5.32 Å². The number of hydrogen-bond donors (Lipinski definition) is 2. The summed E-state index contributed by atoms with van der Waals surface area (Å²) in [5.41, 5.74) is 2.42. The normalized spacial score (nSPS) is 13.7. The first-order valence-corrected chi connectivity index (χ1v) is 7.86. The van der Waals surface area contributed by atoms with Crippen LogP contribution in [-0.4, -0.2) is 33.0 Å². The van der Waals surface area contributed by atoms with Crippen molar-refractivity contribution in [1.82, 2.24) is 15.5 Å². The first-order chi connectivity index (χ1) is 9.66. The van der Waals surface area contributed by atoms with Crippen LogP contribution in [0.15, 0.2) is 40.2 Å². The minimum absolute atomic E-state index is 0.125. The van der Waals surface area contributed by atoms with E-state index in [2.05, 4.69) is 15.5 Å². The number of nitrogens with zero attached hydrogens (tertiary/aromatic N) is 2. The first kappa shape index (κ1) is 15.0. The van der Waals surface area contributed by atoms with Gasteiger partial charge in [-0.1, -0.05) is 53.4 Å². The zero-order valence-corrected chi connectivity index (χ0v) is 12.5. The molecule has 7 heteroatoms. The van der Waals surface area contributed by atoms with Crippen molar-refractivity contribution in [2.75, 3.05) is 6.54 Å². The summed E-state index contributed by atoms with van der Waals surface area (Å²) in [5, 5.41) is 20.0. The van der Waals surface area contributed by atoms with Gasteiger partial charge in [-0.2, -0.15) is 0 Å². The summed E-state index contributed by atoms with van der Waals surface area (Å²) in [6, 6.07) is 9.25. The second kappa shape index (κ2) is 7.37. The number of amides is 1. The second-order valence-electron chi connectivity index (χ2n) is 4.14. The van der Waals surface area contributed by atoms with Gasteiger partial charge in [-0.15, -0.1) is 10.2 Å². The van der Waals surface area contributed by atoms with Gasteiger partial charge < -0.3 is 10.4 Å². The van der Waals surface area contributed by atoms with Crippen LogP contribution in [0.1, 0.15) is 18.6 Å². The number of carbonyl (C=O) groups is 1. The molecule has 0 bridgehead atoms. The van der Waals surface area contributed by atoms with E-state index in [-0.39, 0.29) is 17.7 Å². The van der Waals surface area contributed by atoms with E-state index >= 15 is 0 Å². The molecule has 1 aromatic heterocycles. The summed E-state index contributed by atoms with van der Waals surface area (Å²) in [4.78, 5) is 11.9. The molecule has 0 saturated carbocycles.